The van der Waals surface area contributed by atoms with Gasteiger partial charge in [0, 0.05) is 24.0 Å². The van der Waals surface area contributed by atoms with Crippen LogP contribution in [0.15, 0.2) is 71.0 Å². The molecule has 3 heterocycles. The van der Waals surface area contributed by atoms with E-state index in [0.29, 0.717) is 32.7 Å². The average Bonchev–Trinajstić information content (AvgIpc) is 3.22. The van der Waals surface area contributed by atoms with Crippen LogP contribution < -0.4 is 15.6 Å². The lowest BCUT2D eigenvalue weighted by atomic mass is 10.3. The molecular formula is C20H14ClN3O3S. The van der Waals surface area contributed by atoms with Crippen LogP contribution in [0, 0.1) is 0 Å². The molecule has 0 radical (unpaired) electrons. The average molecular weight is 412 g/mol. The SMILES string of the molecule is O=C(Nc1cccc(OCc2cc(=O)n3cc(Cl)ccc3n2)c1)c1cccs1. The van der Waals surface area contributed by atoms with Gasteiger partial charge in [0.1, 0.15) is 18.0 Å². The highest BCUT2D eigenvalue weighted by Crippen LogP contribution is 2.20. The molecule has 0 unspecified atom stereocenters. The Morgan fingerprint density at radius 3 is 2.89 bits per heavy atom. The van der Waals surface area contributed by atoms with Crippen molar-refractivity contribution in [3.63, 3.8) is 0 Å². The number of ether oxygens (including phenoxy) is 1. The number of benzene rings is 1. The first-order valence-electron chi connectivity index (χ1n) is 8.34. The quantitative estimate of drug-likeness (QED) is 0.533. The molecule has 1 N–H and O–H groups in total. The predicted octanol–water partition coefficient (Wildman–Crippen LogP) is 4.24. The molecule has 0 saturated heterocycles. The molecule has 1 aromatic carbocycles. The third-order valence-corrected chi connectivity index (χ3v) is 4.99. The maximum Gasteiger partial charge on any atom is 0.265 e. The summed E-state index contributed by atoms with van der Waals surface area (Å²) < 4.78 is 7.13. The lowest BCUT2D eigenvalue weighted by molar-refractivity contribution is 0.103. The van der Waals surface area contributed by atoms with Gasteiger partial charge in [-0.1, -0.05) is 23.7 Å². The van der Waals surface area contributed by atoms with Gasteiger partial charge in [0.2, 0.25) is 0 Å². The Balaban J connectivity index is 1.48. The first kappa shape index (κ1) is 18.2. The molecule has 140 valence electrons. The predicted molar refractivity (Wildman–Crippen MR) is 110 cm³/mol. The zero-order valence-corrected chi connectivity index (χ0v) is 16.0. The minimum Gasteiger partial charge on any atom is -0.487 e. The number of anilines is 1. The Hall–Kier alpha value is -3.16. The largest absolute Gasteiger partial charge is 0.487 e. The van der Waals surface area contributed by atoms with E-state index in [0.717, 1.165) is 0 Å². The maximum atomic E-state index is 12.2. The molecular weight excluding hydrogens is 398 g/mol. The van der Waals surface area contributed by atoms with E-state index in [4.69, 9.17) is 16.3 Å². The summed E-state index contributed by atoms with van der Waals surface area (Å²) in [4.78, 5) is 29.4. The van der Waals surface area contributed by atoms with Crippen molar-refractivity contribution < 1.29 is 9.53 Å². The first-order valence-corrected chi connectivity index (χ1v) is 9.60. The minimum absolute atomic E-state index is 0.122. The number of rotatable bonds is 5. The number of thiophene rings is 1. The Labute approximate surface area is 169 Å². The van der Waals surface area contributed by atoms with Crippen molar-refractivity contribution in [3.05, 3.63) is 92.1 Å². The first-order chi connectivity index (χ1) is 13.6. The van der Waals surface area contributed by atoms with E-state index in [2.05, 4.69) is 10.3 Å². The number of nitrogens with zero attached hydrogens (tertiary/aromatic N) is 2. The Morgan fingerprint density at radius 2 is 2.07 bits per heavy atom. The van der Waals surface area contributed by atoms with Crippen molar-refractivity contribution in [2.75, 3.05) is 5.32 Å². The van der Waals surface area contributed by atoms with Gasteiger partial charge in [0.15, 0.2) is 0 Å². The van der Waals surface area contributed by atoms with E-state index in [9.17, 15) is 9.59 Å². The topological polar surface area (TPSA) is 72.7 Å². The Bertz CT molecular complexity index is 1210. The van der Waals surface area contributed by atoms with E-state index < -0.39 is 0 Å². The molecule has 0 aliphatic heterocycles. The van der Waals surface area contributed by atoms with Crippen LogP contribution in [-0.4, -0.2) is 15.3 Å². The molecule has 0 aliphatic rings. The van der Waals surface area contributed by atoms with Crippen molar-refractivity contribution in [1.29, 1.82) is 0 Å². The maximum absolute atomic E-state index is 12.2. The van der Waals surface area contributed by atoms with Crippen LogP contribution >= 0.6 is 22.9 Å². The number of aromatic nitrogens is 2. The molecule has 8 heteroatoms. The summed E-state index contributed by atoms with van der Waals surface area (Å²) in [6.07, 6.45) is 1.52. The molecule has 4 aromatic rings. The third kappa shape index (κ3) is 4.05. The van der Waals surface area contributed by atoms with Gasteiger partial charge >= 0.3 is 0 Å². The normalized spacial score (nSPS) is 10.8. The van der Waals surface area contributed by atoms with E-state index in [1.807, 2.05) is 11.4 Å². The Kier molecular flexibility index (Phi) is 5.10. The molecule has 0 spiro atoms. The highest BCUT2D eigenvalue weighted by Gasteiger charge is 2.08. The van der Waals surface area contributed by atoms with Gasteiger partial charge in [-0.3, -0.25) is 14.0 Å². The molecule has 1 amide bonds. The van der Waals surface area contributed by atoms with E-state index >= 15 is 0 Å². The number of hydrogen-bond donors (Lipinski definition) is 1. The van der Waals surface area contributed by atoms with Crippen molar-refractivity contribution >= 4 is 40.2 Å². The molecule has 0 saturated carbocycles. The highest BCUT2D eigenvalue weighted by atomic mass is 35.5. The zero-order valence-electron chi connectivity index (χ0n) is 14.5. The van der Waals surface area contributed by atoms with Gasteiger partial charge in [0.25, 0.3) is 11.5 Å². The molecule has 0 atom stereocenters. The monoisotopic (exact) mass is 411 g/mol. The van der Waals surface area contributed by atoms with Crippen molar-refractivity contribution in [2.24, 2.45) is 0 Å². The van der Waals surface area contributed by atoms with Gasteiger partial charge < -0.3 is 10.1 Å². The van der Waals surface area contributed by atoms with Crippen LogP contribution in [0.25, 0.3) is 5.65 Å². The smallest absolute Gasteiger partial charge is 0.265 e. The van der Waals surface area contributed by atoms with Gasteiger partial charge in [-0.05, 0) is 35.7 Å². The number of nitrogens with one attached hydrogen (secondary N) is 1. The molecule has 0 fully saturated rings. The second-order valence-corrected chi connectivity index (χ2v) is 7.29. The molecule has 6 nitrogen and oxygen atoms in total. The van der Waals surface area contributed by atoms with Gasteiger partial charge in [0.05, 0.1) is 15.6 Å². The summed E-state index contributed by atoms with van der Waals surface area (Å²) >= 11 is 7.29. The van der Waals surface area contributed by atoms with Crippen LogP contribution in [0.2, 0.25) is 5.02 Å². The van der Waals surface area contributed by atoms with E-state index in [-0.39, 0.29) is 18.1 Å². The third-order valence-electron chi connectivity index (χ3n) is 3.90. The molecule has 0 aliphatic carbocycles. The summed E-state index contributed by atoms with van der Waals surface area (Å²) in [6, 6.07) is 15.4. The minimum atomic E-state index is -0.233. The van der Waals surface area contributed by atoms with Gasteiger partial charge in [-0.2, -0.15) is 0 Å². The van der Waals surface area contributed by atoms with Gasteiger partial charge in [-0.25, -0.2) is 4.98 Å². The number of pyridine rings is 1. The fraction of sp³-hybridized carbons (Fsp3) is 0.0500. The summed E-state index contributed by atoms with van der Waals surface area (Å²) in [6.45, 7) is 0.122. The fourth-order valence-electron chi connectivity index (χ4n) is 2.62. The zero-order chi connectivity index (χ0) is 19.5. The van der Waals surface area contributed by atoms with Gasteiger partial charge in [-0.15, -0.1) is 11.3 Å². The Morgan fingerprint density at radius 1 is 1.18 bits per heavy atom. The second kappa shape index (κ2) is 7.84. The summed E-state index contributed by atoms with van der Waals surface area (Å²) in [7, 11) is 0. The molecule has 3 aromatic heterocycles. The molecule has 0 bridgehead atoms. The summed E-state index contributed by atoms with van der Waals surface area (Å²) in [5.74, 6) is 0.386. The number of amides is 1. The van der Waals surface area contributed by atoms with Crippen LogP contribution in [0.4, 0.5) is 5.69 Å². The number of halogens is 1. The number of hydrogen-bond acceptors (Lipinski definition) is 5. The van der Waals surface area contributed by atoms with Crippen molar-refractivity contribution in [3.8, 4) is 5.75 Å². The standard InChI is InChI=1S/C20H14ClN3O3S/c21-13-6-7-18-22-15(10-19(25)24(18)11-13)12-27-16-4-1-3-14(9-16)23-20(26)17-5-2-8-28-17/h1-11H,12H2,(H,23,26). The lowest BCUT2D eigenvalue weighted by Crippen LogP contribution is -2.16. The highest BCUT2D eigenvalue weighted by molar-refractivity contribution is 7.12. The van der Waals surface area contributed by atoms with Crippen LogP contribution in [0.3, 0.4) is 0 Å². The van der Waals surface area contributed by atoms with Crippen molar-refractivity contribution in [2.45, 2.75) is 6.61 Å². The molecule has 4 rings (SSSR count). The number of carbonyl (C=O) groups excluding carboxylic acids is 1. The van der Waals surface area contributed by atoms with E-state index in [1.54, 1.807) is 42.5 Å². The fourth-order valence-corrected chi connectivity index (χ4v) is 3.40. The summed E-state index contributed by atoms with van der Waals surface area (Å²) in [5, 5.41) is 5.14. The second-order valence-electron chi connectivity index (χ2n) is 5.91. The summed E-state index contributed by atoms with van der Waals surface area (Å²) in [5.41, 5.74) is 1.38. The van der Waals surface area contributed by atoms with Crippen LogP contribution in [0.1, 0.15) is 15.4 Å². The lowest BCUT2D eigenvalue weighted by Gasteiger charge is -2.09. The molecule has 28 heavy (non-hydrogen) atoms. The number of carbonyl (C=O) groups is 1. The van der Waals surface area contributed by atoms with Crippen molar-refractivity contribution in [1.82, 2.24) is 9.38 Å². The van der Waals surface area contributed by atoms with Crippen LogP contribution in [-0.2, 0) is 6.61 Å². The van der Waals surface area contributed by atoms with Crippen LogP contribution in [0.5, 0.6) is 5.75 Å². The van der Waals surface area contributed by atoms with E-state index in [1.165, 1.54) is 28.0 Å². The number of fused-ring (bicyclic) bond motifs is 1.